The molecule has 6 nitrogen and oxygen atoms in total. The molecule has 3 aromatic heterocycles. The van der Waals surface area contributed by atoms with Gasteiger partial charge in [-0.25, -0.2) is 4.98 Å². The molecule has 6 heteroatoms. The van der Waals surface area contributed by atoms with Crippen LogP contribution in [0.2, 0.25) is 0 Å². The summed E-state index contributed by atoms with van der Waals surface area (Å²) in [6.45, 7) is 5.06. The lowest BCUT2D eigenvalue weighted by molar-refractivity contribution is -0.118. The van der Waals surface area contributed by atoms with Crippen LogP contribution in [-0.2, 0) is 24.2 Å². The van der Waals surface area contributed by atoms with Gasteiger partial charge in [-0.2, -0.15) is 0 Å². The zero-order valence-electron chi connectivity index (χ0n) is 17.3. The summed E-state index contributed by atoms with van der Waals surface area (Å²) < 4.78 is 5.54. The van der Waals surface area contributed by atoms with Crippen molar-refractivity contribution < 1.29 is 9.53 Å². The molecule has 1 aliphatic rings. The summed E-state index contributed by atoms with van der Waals surface area (Å²) in [5.41, 5.74) is 6.85. The Kier molecular flexibility index (Phi) is 5.93. The van der Waals surface area contributed by atoms with E-state index in [2.05, 4.69) is 19.9 Å². The van der Waals surface area contributed by atoms with Crippen molar-refractivity contribution in [1.29, 1.82) is 0 Å². The minimum absolute atomic E-state index is 0.151. The second kappa shape index (κ2) is 8.95. The van der Waals surface area contributed by atoms with E-state index >= 15 is 0 Å². The Bertz CT molecular complexity index is 1110. The molecule has 0 aliphatic carbocycles. The molecule has 0 saturated heterocycles. The first-order chi connectivity index (χ1) is 14.6. The molecule has 0 atom stereocenters. The van der Waals surface area contributed by atoms with Crippen molar-refractivity contribution >= 4 is 11.5 Å². The number of aryl methyl sites for hydroxylation is 2. The Morgan fingerprint density at radius 1 is 1.13 bits per heavy atom. The largest absolute Gasteiger partial charge is 0.478 e. The minimum Gasteiger partial charge on any atom is -0.478 e. The van der Waals surface area contributed by atoms with Gasteiger partial charge in [0.25, 0.3) is 0 Å². The van der Waals surface area contributed by atoms with Crippen LogP contribution in [0.3, 0.4) is 0 Å². The quantitative estimate of drug-likeness (QED) is 0.576. The number of nitrogens with zero attached hydrogens (tertiary/aromatic N) is 4. The average Bonchev–Trinajstić information content (AvgIpc) is 3.17. The number of fused-ring (bicyclic) bond motifs is 1. The Hall–Kier alpha value is -3.41. The maximum atomic E-state index is 12.5. The van der Waals surface area contributed by atoms with Gasteiger partial charge in [0.1, 0.15) is 5.78 Å². The molecule has 30 heavy (non-hydrogen) atoms. The summed E-state index contributed by atoms with van der Waals surface area (Å²) in [6.07, 6.45) is 6.71. The van der Waals surface area contributed by atoms with Crippen LogP contribution in [0.4, 0.5) is 0 Å². The average molecular weight is 400 g/mol. The normalized spacial score (nSPS) is 12.4. The van der Waals surface area contributed by atoms with Crippen molar-refractivity contribution in [3.63, 3.8) is 0 Å². The number of ether oxygens (including phenoxy) is 1. The van der Waals surface area contributed by atoms with E-state index < -0.39 is 0 Å². The van der Waals surface area contributed by atoms with Crippen molar-refractivity contribution in [2.75, 3.05) is 6.61 Å². The summed E-state index contributed by atoms with van der Waals surface area (Å²) >= 11 is 0. The molecule has 0 aromatic carbocycles. The van der Waals surface area contributed by atoms with Gasteiger partial charge in [0.2, 0.25) is 5.88 Å². The maximum Gasteiger partial charge on any atom is 0.216 e. The number of carbonyl (C=O) groups excluding carboxylic acids is 1. The first-order valence-electron chi connectivity index (χ1n) is 10.2. The summed E-state index contributed by atoms with van der Waals surface area (Å²) in [4.78, 5) is 30.3. The molecule has 0 radical (unpaired) electrons. The van der Waals surface area contributed by atoms with Crippen LogP contribution in [-0.4, -0.2) is 33.1 Å². The lowest BCUT2D eigenvalue weighted by Gasteiger charge is -2.09. The molecule has 3 aromatic rings. The Morgan fingerprint density at radius 3 is 2.87 bits per heavy atom. The smallest absolute Gasteiger partial charge is 0.216 e. The molecular formula is C24H24N4O2. The fraction of sp³-hybridized carbons (Fsp3) is 0.292. The second-order valence-corrected chi connectivity index (χ2v) is 7.30. The highest BCUT2D eigenvalue weighted by atomic mass is 16.5. The highest BCUT2D eigenvalue weighted by Gasteiger charge is 2.19. The third-order valence-electron chi connectivity index (χ3n) is 5.06. The van der Waals surface area contributed by atoms with Crippen molar-refractivity contribution in [3.8, 4) is 5.88 Å². The van der Waals surface area contributed by atoms with E-state index in [1.54, 1.807) is 12.4 Å². The van der Waals surface area contributed by atoms with E-state index in [0.29, 0.717) is 38.3 Å². The van der Waals surface area contributed by atoms with E-state index in [-0.39, 0.29) is 5.78 Å². The third-order valence-corrected chi connectivity index (χ3v) is 5.06. The summed E-state index contributed by atoms with van der Waals surface area (Å²) in [5, 5.41) is 0. The lowest BCUT2D eigenvalue weighted by Crippen LogP contribution is -2.09. The Labute approximate surface area is 176 Å². The van der Waals surface area contributed by atoms with Gasteiger partial charge >= 0.3 is 0 Å². The third kappa shape index (κ3) is 4.43. The van der Waals surface area contributed by atoms with Crippen LogP contribution in [0.15, 0.2) is 53.9 Å². The summed E-state index contributed by atoms with van der Waals surface area (Å²) in [7, 11) is 0. The highest BCUT2D eigenvalue weighted by Crippen LogP contribution is 2.24. The lowest BCUT2D eigenvalue weighted by atomic mass is 10.0. The predicted molar refractivity (Wildman–Crippen MR) is 115 cm³/mol. The highest BCUT2D eigenvalue weighted by molar-refractivity contribution is 6.15. The van der Waals surface area contributed by atoms with E-state index in [1.807, 2.05) is 50.4 Å². The van der Waals surface area contributed by atoms with Crippen LogP contribution in [0, 0.1) is 6.92 Å². The zero-order chi connectivity index (χ0) is 20.9. The SMILES string of the molecule is CCOc1ncccc1CCC(=O)Cc1cc2c(cn1)C(c1ccnc(C)c1)=NC2. The van der Waals surface area contributed by atoms with Crippen LogP contribution in [0.25, 0.3) is 0 Å². The van der Waals surface area contributed by atoms with E-state index in [9.17, 15) is 4.79 Å². The monoisotopic (exact) mass is 400 g/mol. The number of aliphatic imine (C=N–C) groups is 1. The number of carbonyl (C=O) groups is 1. The van der Waals surface area contributed by atoms with Gasteiger partial charge in [-0.1, -0.05) is 6.07 Å². The first kappa shape index (κ1) is 19.9. The van der Waals surface area contributed by atoms with Gasteiger partial charge in [-0.05, 0) is 50.1 Å². The molecule has 0 bridgehead atoms. The maximum absolute atomic E-state index is 12.5. The van der Waals surface area contributed by atoms with Crippen LogP contribution < -0.4 is 4.74 Å². The minimum atomic E-state index is 0.151. The molecule has 0 N–H and O–H groups in total. The fourth-order valence-electron chi connectivity index (χ4n) is 3.62. The number of aromatic nitrogens is 3. The number of ketones is 1. The van der Waals surface area contributed by atoms with Gasteiger partial charge in [0, 0.05) is 59.5 Å². The van der Waals surface area contributed by atoms with Crippen molar-refractivity contribution in [1.82, 2.24) is 15.0 Å². The summed E-state index contributed by atoms with van der Waals surface area (Å²) in [5.74, 6) is 0.761. The second-order valence-electron chi connectivity index (χ2n) is 7.30. The van der Waals surface area contributed by atoms with Gasteiger partial charge in [0.15, 0.2) is 0 Å². The van der Waals surface area contributed by atoms with Crippen molar-refractivity contribution in [2.24, 2.45) is 4.99 Å². The zero-order valence-corrected chi connectivity index (χ0v) is 17.3. The van der Waals surface area contributed by atoms with Crippen LogP contribution in [0.5, 0.6) is 5.88 Å². The molecular weight excluding hydrogens is 376 g/mol. The molecule has 0 spiro atoms. The molecule has 0 fully saturated rings. The number of pyridine rings is 3. The van der Waals surface area contributed by atoms with Gasteiger partial charge in [0.05, 0.1) is 18.9 Å². The van der Waals surface area contributed by atoms with E-state index in [1.165, 1.54) is 0 Å². The fourth-order valence-corrected chi connectivity index (χ4v) is 3.62. The summed E-state index contributed by atoms with van der Waals surface area (Å²) in [6, 6.07) is 9.83. The van der Waals surface area contributed by atoms with Crippen molar-refractivity contribution in [2.45, 2.75) is 39.7 Å². The standard InChI is InChI=1S/C24H24N4O2/c1-3-30-24-17(5-4-9-26-24)6-7-21(29)13-20-12-19-14-28-23(22(19)15-27-20)18-8-10-25-16(2)11-18/h4-5,8-12,15H,3,6-7,13-14H2,1-2H3. The number of hydrogen-bond donors (Lipinski definition) is 0. The van der Waals surface area contributed by atoms with E-state index in [4.69, 9.17) is 4.74 Å². The van der Waals surface area contributed by atoms with Gasteiger partial charge < -0.3 is 4.74 Å². The molecule has 0 unspecified atom stereocenters. The van der Waals surface area contributed by atoms with E-state index in [0.717, 1.165) is 39.4 Å². The topological polar surface area (TPSA) is 77.3 Å². The Balaban J connectivity index is 1.40. The number of rotatable bonds is 8. The van der Waals surface area contributed by atoms with Crippen molar-refractivity contribution in [3.05, 3.63) is 82.6 Å². The van der Waals surface area contributed by atoms with Crippen LogP contribution in [0.1, 0.15) is 47.0 Å². The molecule has 4 rings (SSSR count). The van der Waals surface area contributed by atoms with Crippen LogP contribution >= 0.6 is 0 Å². The molecule has 152 valence electrons. The number of hydrogen-bond acceptors (Lipinski definition) is 6. The molecule has 0 saturated carbocycles. The number of Topliss-reactive ketones (excluding diaryl/α,β-unsaturated/α-hetero) is 1. The Morgan fingerprint density at radius 2 is 2.03 bits per heavy atom. The molecule has 0 amide bonds. The van der Waals surface area contributed by atoms with Gasteiger partial charge in [-0.15, -0.1) is 0 Å². The molecule has 4 heterocycles. The predicted octanol–water partition coefficient (Wildman–Crippen LogP) is 3.67. The van der Waals surface area contributed by atoms with Gasteiger partial charge in [-0.3, -0.25) is 19.8 Å². The molecule has 1 aliphatic heterocycles. The first-order valence-corrected chi connectivity index (χ1v) is 10.2.